The number of likely N-dealkylation sites (tertiary alicyclic amines) is 1. The number of ether oxygens (including phenoxy) is 2. The van der Waals surface area contributed by atoms with Crippen molar-refractivity contribution in [2.45, 2.75) is 13.3 Å². The van der Waals surface area contributed by atoms with Crippen molar-refractivity contribution in [3.8, 4) is 22.6 Å². The van der Waals surface area contributed by atoms with Crippen molar-refractivity contribution in [3.05, 3.63) is 76.3 Å². The van der Waals surface area contributed by atoms with Crippen molar-refractivity contribution in [2.75, 3.05) is 26.3 Å². The standard InChI is InChI=1S/C26H22ClFN2O4/c1-15-4-5-29-10-22(15)20-8-18(27)2-3-24(20)33-13-16-11-30(12-16)26(32)21-7-17-6-19(31)14-34-25(17)9-23(21)28/h2-5,7-10,16H,6,11-14H2,1H3. The molecule has 5 rings (SSSR count). The third-order valence-corrected chi connectivity index (χ3v) is 6.38. The number of aryl methyl sites for hydroxylation is 1. The number of pyridine rings is 1. The van der Waals surface area contributed by atoms with Crippen molar-refractivity contribution in [1.29, 1.82) is 0 Å². The molecule has 3 heterocycles. The second-order valence-electron chi connectivity index (χ2n) is 8.66. The van der Waals surface area contributed by atoms with Gasteiger partial charge in [0.2, 0.25) is 0 Å². The van der Waals surface area contributed by atoms with E-state index in [0.717, 1.165) is 16.7 Å². The Kier molecular flexibility index (Phi) is 5.96. The predicted octanol–water partition coefficient (Wildman–Crippen LogP) is 4.50. The van der Waals surface area contributed by atoms with Gasteiger partial charge in [0.1, 0.15) is 23.9 Å². The highest BCUT2D eigenvalue weighted by atomic mass is 35.5. The van der Waals surface area contributed by atoms with Crippen LogP contribution in [0.2, 0.25) is 5.02 Å². The minimum absolute atomic E-state index is 0.0385. The van der Waals surface area contributed by atoms with E-state index in [1.54, 1.807) is 23.4 Å². The van der Waals surface area contributed by atoms with Gasteiger partial charge in [-0.1, -0.05) is 11.6 Å². The number of carbonyl (C=O) groups excluding carboxylic acids is 2. The molecule has 3 aromatic rings. The number of hydrogen-bond donors (Lipinski definition) is 0. The lowest BCUT2D eigenvalue weighted by Crippen LogP contribution is -2.52. The molecule has 0 N–H and O–H groups in total. The summed E-state index contributed by atoms with van der Waals surface area (Å²) in [5.41, 5.74) is 3.36. The predicted molar refractivity (Wildman–Crippen MR) is 125 cm³/mol. The summed E-state index contributed by atoms with van der Waals surface area (Å²) < 4.78 is 25.9. The molecule has 174 valence electrons. The van der Waals surface area contributed by atoms with E-state index in [1.165, 1.54) is 12.1 Å². The second kappa shape index (κ2) is 9.06. The summed E-state index contributed by atoms with van der Waals surface area (Å²) in [4.78, 5) is 30.3. The van der Waals surface area contributed by atoms with E-state index in [9.17, 15) is 14.0 Å². The number of rotatable bonds is 5. The summed E-state index contributed by atoms with van der Waals surface area (Å²) in [5.74, 6) is -0.000179. The van der Waals surface area contributed by atoms with E-state index >= 15 is 0 Å². The fourth-order valence-electron chi connectivity index (χ4n) is 4.26. The van der Waals surface area contributed by atoms with E-state index < -0.39 is 11.7 Å². The van der Waals surface area contributed by atoms with E-state index in [4.69, 9.17) is 21.1 Å². The molecule has 0 bridgehead atoms. The number of nitrogens with zero attached hydrogens (tertiary/aromatic N) is 2. The zero-order valence-corrected chi connectivity index (χ0v) is 19.3. The van der Waals surface area contributed by atoms with Crippen LogP contribution in [0.15, 0.2) is 48.8 Å². The van der Waals surface area contributed by atoms with E-state index in [1.807, 2.05) is 25.1 Å². The van der Waals surface area contributed by atoms with Crippen molar-refractivity contribution in [3.63, 3.8) is 0 Å². The van der Waals surface area contributed by atoms with Gasteiger partial charge >= 0.3 is 0 Å². The van der Waals surface area contributed by atoms with E-state index in [-0.39, 0.29) is 30.3 Å². The molecule has 0 unspecified atom stereocenters. The first kappa shape index (κ1) is 22.3. The second-order valence-corrected chi connectivity index (χ2v) is 9.10. The van der Waals surface area contributed by atoms with Crippen LogP contribution in [0.25, 0.3) is 11.1 Å². The summed E-state index contributed by atoms with van der Waals surface area (Å²) in [5, 5.41) is 0.602. The number of aromatic nitrogens is 1. The van der Waals surface area contributed by atoms with Gasteiger partial charge in [0.25, 0.3) is 5.91 Å². The lowest BCUT2D eigenvalue weighted by molar-refractivity contribution is -0.121. The number of hydrogen-bond acceptors (Lipinski definition) is 5. The molecular weight excluding hydrogens is 459 g/mol. The van der Waals surface area contributed by atoms with Crippen LogP contribution in [-0.4, -0.2) is 47.9 Å². The van der Waals surface area contributed by atoms with Crippen molar-refractivity contribution >= 4 is 23.3 Å². The first-order valence-corrected chi connectivity index (χ1v) is 11.4. The van der Waals surface area contributed by atoms with E-state index in [0.29, 0.717) is 41.8 Å². The Labute approximate surface area is 201 Å². The molecule has 1 amide bonds. The summed E-state index contributed by atoms with van der Waals surface area (Å²) >= 11 is 6.22. The van der Waals surface area contributed by atoms with Crippen molar-refractivity contribution in [2.24, 2.45) is 5.92 Å². The van der Waals surface area contributed by atoms with Crippen LogP contribution in [0.3, 0.4) is 0 Å². The van der Waals surface area contributed by atoms with Gasteiger partial charge in [-0.3, -0.25) is 14.6 Å². The van der Waals surface area contributed by atoms with Gasteiger partial charge in [-0.2, -0.15) is 0 Å². The highest BCUT2D eigenvalue weighted by Gasteiger charge is 2.34. The van der Waals surface area contributed by atoms with Gasteiger partial charge in [0.05, 0.1) is 12.2 Å². The van der Waals surface area contributed by atoms with Crippen LogP contribution in [-0.2, 0) is 11.2 Å². The van der Waals surface area contributed by atoms with Gasteiger partial charge in [0, 0.05) is 65.6 Å². The van der Waals surface area contributed by atoms with Gasteiger partial charge in [0.15, 0.2) is 5.78 Å². The van der Waals surface area contributed by atoms with Crippen molar-refractivity contribution in [1.82, 2.24) is 9.88 Å². The van der Waals surface area contributed by atoms with Crippen LogP contribution >= 0.6 is 11.6 Å². The number of Topliss-reactive ketones (excluding diaryl/α,β-unsaturated/α-hetero) is 1. The molecule has 2 aliphatic rings. The molecule has 0 saturated carbocycles. The molecule has 0 radical (unpaired) electrons. The summed E-state index contributed by atoms with van der Waals surface area (Å²) in [6.45, 7) is 3.26. The average molecular weight is 481 g/mol. The zero-order valence-electron chi connectivity index (χ0n) is 18.5. The monoisotopic (exact) mass is 480 g/mol. The van der Waals surface area contributed by atoms with Gasteiger partial charge in [-0.05, 0) is 42.8 Å². The third-order valence-electron chi connectivity index (χ3n) is 6.15. The lowest BCUT2D eigenvalue weighted by atomic mass is 9.97. The Morgan fingerprint density at radius 2 is 2.06 bits per heavy atom. The maximum Gasteiger partial charge on any atom is 0.256 e. The summed E-state index contributed by atoms with van der Waals surface area (Å²) in [6.07, 6.45) is 3.66. The molecule has 1 aromatic heterocycles. The van der Waals surface area contributed by atoms with Gasteiger partial charge in [-0.15, -0.1) is 0 Å². The van der Waals surface area contributed by atoms with Crippen LogP contribution in [0, 0.1) is 18.7 Å². The Morgan fingerprint density at radius 3 is 2.85 bits per heavy atom. The topological polar surface area (TPSA) is 68.7 Å². The molecule has 1 fully saturated rings. The molecule has 34 heavy (non-hydrogen) atoms. The summed E-state index contributed by atoms with van der Waals surface area (Å²) in [7, 11) is 0. The van der Waals surface area contributed by atoms with Crippen LogP contribution in [0.1, 0.15) is 21.5 Å². The fraction of sp³-hybridized carbons (Fsp3) is 0.269. The van der Waals surface area contributed by atoms with Crippen molar-refractivity contribution < 1.29 is 23.5 Å². The molecule has 2 aromatic carbocycles. The Hall–Kier alpha value is -3.45. The minimum Gasteiger partial charge on any atom is -0.493 e. The molecular formula is C26H22ClFN2O4. The molecule has 0 aliphatic carbocycles. The Bertz CT molecular complexity index is 1290. The van der Waals surface area contributed by atoms with E-state index in [2.05, 4.69) is 4.98 Å². The zero-order chi connectivity index (χ0) is 23.8. The smallest absolute Gasteiger partial charge is 0.256 e. The first-order valence-electron chi connectivity index (χ1n) is 11.0. The number of halogens is 2. The third kappa shape index (κ3) is 4.35. The maximum absolute atomic E-state index is 14.5. The maximum atomic E-state index is 14.5. The normalized spacial score (nSPS) is 15.4. The largest absolute Gasteiger partial charge is 0.493 e. The highest BCUT2D eigenvalue weighted by Crippen LogP contribution is 2.35. The van der Waals surface area contributed by atoms with Crippen LogP contribution in [0.4, 0.5) is 4.39 Å². The summed E-state index contributed by atoms with van der Waals surface area (Å²) in [6, 6.07) is 10.0. The highest BCUT2D eigenvalue weighted by molar-refractivity contribution is 6.31. The fourth-order valence-corrected chi connectivity index (χ4v) is 4.43. The van der Waals surface area contributed by atoms with Gasteiger partial charge in [-0.25, -0.2) is 4.39 Å². The van der Waals surface area contributed by atoms with Gasteiger partial charge < -0.3 is 14.4 Å². The molecule has 0 spiro atoms. The number of benzene rings is 2. The SMILES string of the molecule is Cc1ccncc1-c1cc(Cl)ccc1OCC1CN(C(=O)c2cc3c(cc2F)OCC(=O)C3)C1. The lowest BCUT2D eigenvalue weighted by Gasteiger charge is -2.39. The molecule has 1 saturated heterocycles. The Morgan fingerprint density at radius 1 is 1.24 bits per heavy atom. The number of amides is 1. The van der Waals surface area contributed by atoms with Crippen LogP contribution in [0.5, 0.6) is 11.5 Å². The molecule has 0 atom stereocenters. The quantitative estimate of drug-likeness (QED) is 0.537. The first-order chi connectivity index (χ1) is 16.4. The number of carbonyl (C=O) groups is 2. The Balaban J connectivity index is 1.24. The minimum atomic E-state index is -0.643. The molecule has 2 aliphatic heterocycles. The number of ketones is 1. The molecule has 8 heteroatoms. The van der Waals surface area contributed by atoms with Crippen LogP contribution < -0.4 is 9.47 Å². The average Bonchev–Trinajstić information content (AvgIpc) is 2.79. The molecule has 6 nitrogen and oxygen atoms in total. The number of fused-ring (bicyclic) bond motifs is 1.